The molecule has 1 heterocycles. The van der Waals surface area contributed by atoms with E-state index in [1.807, 2.05) is 23.9 Å². The zero-order chi connectivity index (χ0) is 12.3. The average Bonchev–Trinajstić information content (AvgIpc) is 2.76. The van der Waals surface area contributed by atoms with E-state index in [9.17, 15) is 0 Å². The number of hydrogen-bond acceptors (Lipinski definition) is 4. The van der Waals surface area contributed by atoms with Crippen LogP contribution < -0.4 is 11.1 Å². The van der Waals surface area contributed by atoms with E-state index in [0.29, 0.717) is 5.25 Å². The fourth-order valence-corrected chi connectivity index (χ4v) is 2.04. The first-order valence-electron chi connectivity index (χ1n) is 5.70. The molecule has 92 valence electrons. The van der Waals surface area contributed by atoms with Crippen molar-refractivity contribution in [3.8, 4) is 0 Å². The molecule has 0 aliphatic heterocycles. The van der Waals surface area contributed by atoms with Gasteiger partial charge in [0.25, 0.3) is 0 Å². The van der Waals surface area contributed by atoms with Crippen molar-refractivity contribution in [3.05, 3.63) is 18.3 Å². The third-order valence-electron chi connectivity index (χ3n) is 2.88. The average molecular weight is 250 g/mol. The maximum Gasteiger partial charge on any atom is 0.0672 e. The van der Waals surface area contributed by atoms with Gasteiger partial charge in [0.2, 0.25) is 0 Å². The molecule has 2 rings (SSSR count). The Morgan fingerprint density at radius 2 is 2.35 bits per heavy atom. The van der Waals surface area contributed by atoms with Crippen LogP contribution in [0.5, 0.6) is 0 Å². The van der Waals surface area contributed by atoms with Gasteiger partial charge in [0.15, 0.2) is 0 Å². The van der Waals surface area contributed by atoms with Crippen molar-refractivity contribution in [1.29, 1.82) is 0 Å². The molecule has 0 radical (unpaired) electrons. The summed E-state index contributed by atoms with van der Waals surface area (Å²) in [5, 5.41) is 12.0. The van der Waals surface area contributed by atoms with E-state index in [2.05, 4.69) is 28.7 Å². The molecule has 0 aliphatic rings. The number of aromatic nitrogens is 2. The minimum atomic E-state index is 0.666. The molecule has 2 aromatic rings. The molecule has 0 aliphatic carbocycles. The molecule has 0 saturated heterocycles. The maximum absolute atomic E-state index is 5.99. The van der Waals surface area contributed by atoms with E-state index >= 15 is 0 Å². The number of thioether (sulfide) groups is 1. The van der Waals surface area contributed by atoms with Gasteiger partial charge in [-0.2, -0.15) is 16.9 Å². The quantitative estimate of drug-likeness (QED) is 0.714. The molecule has 1 atom stereocenters. The number of aromatic amines is 1. The Labute approximate surface area is 105 Å². The van der Waals surface area contributed by atoms with Crippen molar-refractivity contribution in [3.63, 3.8) is 0 Å². The predicted octanol–water partition coefficient (Wildman–Crippen LogP) is 2.70. The van der Waals surface area contributed by atoms with E-state index in [0.717, 1.165) is 35.2 Å². The molecule has 4 N–H and O–H groups in total. The van der Waals surface area contributed by atoms with Crippen molar-refractivity contribution < 1.29 is 0 Å². The topological polar surface area (TPSA) is 66.7 Å². The van der Waals surface area contributed by atoms with E-state index < -0.39 is 0 Å². The van der Waals surface area contributed by atoms with Crippen LogP contribution in [0.4, 0.5) is 11.4 Å². The molecule has 0 amide bonds. The van der Waals surface area contributed by atoms with E-state index in [4.69, 9.17) is 5.73 Å². The third-order valence-corrected chi connectivity index (χ3v) is 3.92. The molecule has 0 bridgehead atoms. The van der Waals surface area contributed by atoms with Crippen LogP contribution in [0.15, 0.2) is 18.3 Å². The molecule has 1 aromatic carbocycles. The largest absolute Gasteiger partial charge is 0.397 e. The predicted molar refractivity (Wildman–Crippen MR) is 76.6 cm³/mol. The van der Waals surface area contributed by atoms with Gasteiger partial charge in [-0.05, 0) is 24.8 Å². The van der Waals surface area contributed by atoms with Crippen molar-refractivity contribution in [1.82, 2.24) is 10.2 Å². The Bertz CT molecular complexity index is 494. The van der Waals surface area contributed by atoms with Gasteiger partial charge in [-0.25, -0.2) is 0 Å². The van der Waals surface area contributed by atoms with Crippen molar-refractivity contribution in [2.75, 3.05) is 23.9 Å². The number of hydrogen-bond donors (Lipinski definition) is 3. The number of nitrogen functional groups attached to an aromatic ring is 1. The second-order valence-electron chi connectivity index (χ2n) is 4.16. The highest BCUT2D eigenvalue weighted by atomic mass is 32.2. The molecule has 0 spiro atoms. The van der Waals surface area contributed by atoms with Gasteiger partial charge in [-0.15, -0.1) is 0 Å². The lowest BCUT2D eigenvalue weighted by Gasteiger charge is -2.12. The number of nitrogens with two attached hydrogens (primary N) is 1. The monoisotopic (exact) mass is 250 g/mol. The first kappa shape index (κ1) is 12.1. The number of rotatable bonds is 5. The number of H-pyrrole nitrogens is 1. The van der Waals surface area contributed by atoms with Gasteiger partial charge in [0.05, 0.1) is 23.1 Å². The highest BCUT2D eigenvalue weighted by molar-refractivity contribution is 7.99. The van der Waals surface area contributed by atoms with Crippen molar-refractivity contribution in [2.45, 2.75) is 18.6 Å². The van der Waals surface area contributed by atoms with Crippen LogP contribution in [0.2, 0.25) is 0 Å². The molecular formula is C12H18N4S. The fourth-order valence-electron chi connectivity index (χ4n) is 1.69. The molecule has 0 saturated carbocycles. The molecule has 1 aromatic heterocycles. The highest BCUT2D eigenvalue weighted by Gasteiger charge is 2.04. The summed E-state index contributed by atoms with van der Waals surface area (Å²) >= 11 is 1.88. The molecule has 0 fully saturated rings. The zero-order valence-corrected chi connectivity index (χ0v) is 11.0. The SMILES string of the molecule is CSC(C)CCNc1cc2[nH]ncc2cc1N. The lowest BCUT2D eigenvalue weighted by Crippen LogP contribution is -2.09. The van der Waals surface area contributed by atoms with E-state index in [1.54, 1.807) is 6.20 Å². The molecule has 5 heteroatoms. The Morgan fingerprint density at radius 1 is 1.53 bits per heavy atom. The van der Waals surface area contributed by atoms with Gasteiger partial charge in [0.1, 0.15) is 0 Å². The van der Waals surface area contributed by atoms with Crippen LogP contribution in [0.25, 0.3) is 10.9 Å². The minimum absolute atomic E-state index is 0.666. The van der Waals surface area contributed by atoms with Gasteiger partial charge >= 0.3 is 0 Å². The van der Waals surface area contributed by atoms with Gasteiger partial charge in [-0.3, -0.25) is 5.10 Å². The first-order chi connectivity index (χ1) is 8.20. The summed E-state index contributed by atoms with van der Waals surface area (Å²) < 4.78 is 0. The summed E-state index contributed by atoms with van der Waals surface area (Å²) in [5.41, 5.74) is 8.75. The molecular weight excluding hydrogens is 232 g/mol. The van der Waals surface area contributed by atoms with E-state index in [1.165, 1.54) is 0 Å². The van der Waals surface area contributed by atoms with Crippen LogP contribution in [-0.2, 0) is 0 Å². The Kier molecular flexibility index (Phi) is 3.78. The summed E-state index contributed by atoms with van der Waals surface area (Å²) in [5.74, 6) is 0. The van der Waals surface area contributed by atoms with Gasteiger partial charge in [-0.1, -0.05) is 6.92 Å². The summed E-state index contributed by atoms with van der Waals surface area (Å²) in [7, 11) is 0. The van der Waals surface area contributed by atoms with Crippen LogP contribution >= 0.6 is 11.8 Å². The van der Waals surface area contributed by atoms with Crippen LogP contribution in [0, 0.1) is 0 Å². The summed E-state index contributed by atoms with van der Waals surface area (Å²) in [6, 6.07) is 3.96. The third kappa shape index (κ3) is 2.85. The summed E-state index contributed by atoms with van der Waals surface area (Å²) in [6.07, 6.45) is 5.04. The van der Waals surface area contributed by atoms with Crippen molar-refractivity contribution in [2.24, 2.45) is 0 Å². The molecule has 1 unspecified atom stereocenters. The number of nitrogens with one attached hydrogen (secondary N) is 2. The smallest absolute Gasteiger partial charge is 0.0672 e. The summed E-state index contributed by atoms with van der Waals surface area (Å²) in [4.78, 5) is 0. The Balaban J connectivity index is 2.04. The number of benzene rings is 1. The maximum atomic E-state index is 5.99. The second kappa shape index (κ2) is 5.31. The number of nitrogens with zero attached hydrogens (tertiary/aromatic N) is 1. The zero-order valence-electron chi connectivity index (χ0n) is 10.2. The molecule has 4 nitrogen and oxygen atoms in total. The molecule has 17 heavy (non-hydrogen) atoms. The standard InChI is InChI=1S/C12H18N4S/c1-8(17-2)3-4-14-12-6-11-9(5-10(12)13)7-15-16-11/h5-8,14H,3-4,13H2,1-2H3,(H,15,16). The van der Waals surface area contributed by atoms with Gasteiger partial charge < -0.3 is 11.1 Å². The first-order valence-corrected chi connectivity index (χ1v) is 6.98. The minimum Gasteiger partial charge on any atom is -0.397 e. The Hall–Kier alpha value is -1.36. The fraction of sp³-hybridized carbons (Fsp3) is 0.417. The van der Waals surface area contributed by atoms with Crippen LogP contribution in [0.3, 0.4) is 0 Å². The van der Waals surface area contributed by atoms with Crippen molar-refractivity contribution >= 4 is 34.0 Å². The second-order valence-corrected chi connectivity index (χ2v) is 5.43. The lowest BCUT2D eigenvalue weighted by molar-refractivity contribution is 0.854. The number of fused-ring (bicyclic) bond motifs is 1. The Morgan fingerprint density at radius 3 is 3.12 bits per heavy atom. The lowest BCUT2D eigenvalue weighted by atomic mass is 10.2. The number of anilines is 2. The summed E-state index contributed by atoms with van der Waals surface area (Å²) in [6.45, 7) is 3.17. The highest BCUT2D eigenvalue weighted by Crippen LogP contribution is 2.24. The van der Waals surface area contributed by atoms with Crippen LogP contribution in [-0.4, -0.2) is 28.2 Å². The normalized spacial score (nSPS) is 12.8. The van der Waals surface area contributed by atoms with E-state index in [-0.39, 0.29) is 0 Å². The van der Waals surface area contributed by atoms with Gasteiger partial charge in [0, 0.05) is 17.2 Å². The van der Waals surface area contributed by atoms with Crippen LogP contribution in [0.1, 0.15) is 13.3 Å².